The first-order valence-electron chi connectivity index (χ1n) is 10.1. The Morgan fingerprint density at radius 2 is 1.83 bits per heavy atom. The zero-order valence-electron chi connectivity index (χ0n) is 17.8. The first-order valence-corrected chi connectivity index (χ1v) is 12.7. The quantitative estimate of drug-likeness (QED) is 0.284. The molecule has 0 spiro atoms. The Bertz CT molecular complexity index is 1190. The Kier molecular flexibility index (Phi) is 7.75. The maximum absolute atomic E-state index is 4.53. The van der Waals surface area contributed by atoms with Crippen LogP contribution in [0.15, 0.2) is 101 Å². The van der Waals surface area contributed by atoms with Crippen LogP contribution in [0.1, 0.15) is 12.0 Å². The predicted molar refractivity (Wildman–Crippen MR) is 131 cm³/mol. The summed E-state index contributed by atoms with van der Waals surface area (Å²) in [6, 6.07) is 21.6. The van der Waals surface area contributed by atoms with Gasteiger partial charge in [0, 0.05) is 43.9 Å². The fourth-order valence-corrected chi connectivity index (χ4v) is 4.30. The van der Waals surface area contributed by atoms with Gasteiger partial charge in [0.1, 0.15) is 0 Å². The van der Waals surface area contributed by atoms with Crippen molar-refractivity contribution in [1.82, 2.24) is 0 Å². The number of rotatable bonds is 3. The first kappa shape index (κ1) is 22.6. The minimum atomic E-state index is -0.217. The zero-order valence-corrected chi connectivity index (χ0v) is 21.3. The van der Waals surface area contributed by atoms with Crippen molar-refractivity contribution in [1.29, 1.82) is 0 Å². The van der Waals surface area contributed by atoms with Crippen LogP contribution in [-0.4, -0.2) is 19.8 Å². The van der Waals surface area contributed by atoms with E-state index in [0.717, 1.165) is 12.1 Å². The van der Waals surface area contributed by atoms with E-state index in [-0.39, 0.29) is 34.6 Å². The number of allylic oxidation sites excluding steroid dienone is 4. The smallest absolute Gasteiger partial charge is 0.0706 e. The molecule has 1 heterocycles. The SMILES string of the molecule is C[Si](C)=CCC1=NC2=CC=CC2=C1.Cc1cc2c(-c3ccccc3)cccc2[cH-]1.[Zr]. The van der Waals surface area contributed by atoms with E-state index in [1.54, 1.807) is 0 Å². The van der Waals surface area contributed by atoms with E-state index in [1.807, 2.05) is 0 Å². The number of aryl methyl sites for hydroxylation is 1. The van der Waals surface area contributed by atoms with Gasteiger partial charge in [0.05, 0.1) is 5.70 Å². The third-order valence-corrected chi connectivity index (χ3v) is 6.13. The molecule has 0 saturated heterocycles. The van der Waals surface area contributed by atoms with E-state index in [0.29, 0.717) is 0 Å². The predicted octanol–water partition coefficient (Wildman–Crippen LogP) is 6.88. The molecule has 0 unspecified atom stereocenters. The van der Waals surface area contributed by atoms with Gasteiger partial charge in [-0.05, 0) is 26.1 Å². The van der Waals surface area contributed by atoms with Crippen molar-refractivity contribution in [2.24, 2.45) is 4.99 Å². The number of benzene rings is 2. The molecule has 0 saturated carbocycles. The first-order chi connectivity index (χ1) is 14.1. The Hall–Kier alpha value is -2.09. The standard InChI is InChI=1S/C16H13.C11H13NSi.Zr/c1-12-10-14-8-5-9-15(16(14)11-12)13-6-3-2-4-7-13;1-13(2)7-6-10-8-9-4-3-5-11(9)12-10;/h2-11H,1H3;3-5,7-8H,6H2,1-2H3;/q-1;;. The summed E-state index contributed by atoms with van der Waals surface area (Å²) in [6.07, 6.45) is 9.48. The molecule has 2 aliphatic rings. The summed E-state index contributed by atoms with van der Waals surface area (Å²) in [5.74, 6) is 0. The van der Waals surface area contributed by atoms with Gasteiger partial charge in [-0.3, -0.25) is 4.99 Å². The van der Waals surface area contributed by atoms with Crippen LogP contribution in [0.5, 0.6) is 0 Å². The normalized spacial score (nSPS) is 13.5. The summed E-state index contributed by atoms with van der Waals surface area (Å²) in [5.41, 5.74) is 9.99. The van der Waals surface area contributed by atoms with E-state index in [2.05, 4.69) is 116 Å². The molecule has 0 bridgehead atoms. The summed E-state index contributed by atoms with van der Waals surface area (Å²) in [6.45, 7) is 6.75. The van der Waals surface area contributed by atoms with Crippen LogP contribution in [0.25, 0.3) is 21.9 Å². The van der Waals surface area contributed by atoms with E-state index in [4.69, 9.17) is 0 Å². The van der Waals surface area contributed by atoms with Gasteiger partial charge in [0.2, 0.25) is 0 Å². The van der Waals surface area contributed by atoms with E-state index in [9.17, 15) is 0 Å². The topological polar surface area (TPSA) is 12.4 Å². The largest absolute Gasteiger partial charge is 0.253 e. The van der Waals surface area contributed by atoms with Crippen LogP contribution in [0.2, 0.25) is 13.1 Å². The molecule has 148 valence electrons. The Labute approximate surface area is 200 Å². The Morgan fingerprint density at radius 3 is 2.57 bits per heavy atom. The third-order valence-electron chi connectivity index (χ3n) is 5.11. The van der Waals surface area contributed by atoms with Gasteiger partial charge in [-0.2, -0.15) is 6.07 Å². The third kappa shape index (κ3) is 5.33. The summed E-state index contributed by atoms with van der Waals surface area (Å²) >= 11 is 0. The van der Waals surface area contributed by atoms with Crippen LogP contribution in [0.3, 0.4) is 0 Å². The van der Waals surface area contributed by atoms with Crippen molar-refractivity contribution in [3.8, 4) is 11.1 Å². The van der Waals surface area contributed by atoms with Crippen LogP contribution in [0, 0.1) is 6.92 Å². The number of aliphatic imine (C=N–C) groups is 1. The van der Waals surface area contributed by atoms with Gasteiger partial charge >= 0.3 is 0 Å². The van der Waals surface area contributed by atoms with Crippen LogP contribution < -0.4 is 0 Å². The minimum absolute atomic E-state index is 0. The molecule has 0 fully saturated rings. The number of fused-ring (bicyclic) bond motifs is 2. The van der Waals surface area contributed by atoms with Crippen molar-refractivity contribution in [2.75, 3.05) is 0 Å². The summed E-state index contributed by atoms with van der Waals surface area (Å²) < 4.78 is 0. The molecule has 0 N–H and O–H groups in total. The molecule has 0 amide bonds. The number of hydrogen-bond acceptors (Lipinski definition) is 1. The molecule has 3 heteroatoms. The monoisotopic (exact) mass is 482 g/mol. The second kappa shape index (κ2) is 10.3. The molecular formula is C27H26NSiZr-. The molecular weight excluding hydrogens is 458 g/mol. The second-order valence-corrected chi connectivity index (χ2v) is 10.4. The van der Waals surface area contributed by atoms with Crippen LogP contribution in [-0.2, 0) is 26.2 Å². The van der Waals surface area contributed by atoms with Gasteiger partial charge in [-0.15, -0.1) is 34.5 Å². The van der Waals surface area contributed by atoms with Gasteiger partial charge in [0.25, 0.3) is 0 Å². The molecule has 1 aliphatic heterocycles. The van der Waals surface area contributed by atoms with Crippen LogP contribution >= 0.6 is 0 Å². The summed E-state index contributed by atoms with van der Waals surface area (Å²) in [7, 11) is -0.217. The van der Waals surface area contributed by atoms with Gasteiger partial charge < -0.3 is 0 Å². The molecule has 30 heavy (non-hydrogen) atoms. The molecule has 3 aromatic rings. The molecule has 1 nitrogen and oxygen atoms in total. The molecule has 1 aliphatic carbocycles. The fraction of sp³-hybridized carbons (Fsp3) is 0.148. The van der Waals surface area contributed by atoms with Crippen molar-refractivity contribution in [3.63, 3.8) is 0 Å². The van der Waals surface area contributed by atoms with Crippen molar-refractivity contribution >= 4 is 30.6 Å². The molecule has 0 atom stereocenters. The van der Waals surface area contributed by atoms with Gasteiger partial charge in [-0.25, -0.2) is 0 Å². The maximum Gasteiger partial charge on any atom is 0.0706 e. The second-order valence-electron chi connectivity index (χ2n) is 7.81. The van der Waals surface area contributed by atoms with E-state index in [1.165, 1.54) is 38.7 Å². The van der Waals surface area contributed by atoms with Crippen LogP contribution in [0.4, 0.5) is 0 Å². The molecule has 3 aromatic carbocycles. The Morgan fingerprint density at radius 1 is 1.03 bits per heavy atom. The Balaban J connectivity index is 0.000000169. The average molecular weight is 484 g/mol. The average Bonchev–Trinajstić information content (AvgIpc) is 3.40. The fourth-order valence-electron chi connectivity index (χ4n) is 3.68. The van der Waals surface area contributed by atoms with E-state index >= 15 is 0 Å². The van der Waals surface area contributed by atoms with E-state index < -0.39 is 0 Å². The van der Waals surface area contributed by atoms with Crippen molar-refractivity contribution < 1.29 is 26.2 Å². The minimum Gasteiger partial charge on any atom is -0.253 e. The number of hydrogen-bond donors (Lipinski definition) is 0. The molecule has 0 radical (unpaired) electrons. The van der Waals surface area contributed by atoms with Gasteiger partial charge in [0.15, 0.2) is 0 Å². The molecule has 0 aromatic heterocycles. The van der Waals surface area contributed by atoms with Crippen molar-refractivity contribution in [3.05, 3.63) is 102 Å². The zero-order chi connectivity index (χ0) is 20.2. The maximum atomic E-state index is 4.53. The van der Waals surface area contributed by atoms with Crippen molar-refractivity contribution in [2.45, 2.75) is 26.4 Å². The summed E-state index contributed by atoms with van der Waals surface area (Å²) in [5, 5.41) is 2.69. The van der Waals surface area contributed by atoms with Gasteiger partial charge in [-0.1, -0.05) is 79.8 Å². The number of nitrogens with zero attached hydrogens (tertiary/aromatic N) is 1. The summed E-state index contributed by atoms with van der Waals surface area (Å²) in [4.78, 5) is 4.53. The molecule has 5 rings (SSSR count).